The molecule has 0 saturated carbocycles. The van der Waals surface area contributed by atoms with Crippen LogP contribution in [-0.2, 0) is 4.74 Å². The van der Waals surface area contributed by atoms with Crippen molar-refractivity contribution in [3.05, 3.63) is 40.3 Å². The van der Waals surface area contributed by atoms with Gasteiger partial charge in [0.05, 0.1) is 12.1 Å². The number of pyridine rings is 1. The van der Waals surface area contributed by atoms with E-state index in [1.807, 2.05) is 0 Å². The van der Waals surface area contributed by atoms with Crippen molar-refractivity contribution in [2.24, 2.45) is 0 Å². The van der Waals surface area contributed by atoms with E-state index >= 15 is 0 Å². The molecular formula is C12H11ClN2O3. The Morgan fingerprint density at radius 2 is 2.22 bits per heavy atom. The highest BCUT2D eigenvalue weighted by Gasteiger charge is 2.14. The summed E-state index contributed by atoms with van der Waals surface area (Å²) in [5.41, 5.74) is 0.0786. The summed E-state index contributed by atoms with van der Waals surface area (Å²) in [5, 5.41) is 18.6. The van der Waals surface area contributed by atoms with E-state index in [2.05, 4.69) is 0 Å². The van der Waals surface area contributed by atoms with Crippen molar-refractivity contribution >= 4 is 28.5 Å². The number of carbonyl (C=O) groups is 1. The summed E-state index contributed by atoms with van der Waals surface area (Å²) < 4.78 is 5.46. The van der Waals surface area contributed by atoms with Gasteiger partial charge in [-0.1, -0.05) is 11.6 Å². The number of hydrogen-bond acceptors (Lipinski definition) is 4. The molecule has 5 nitrogen and oxygen atoms in total. The second-order valence-electron chi connectivity index (χ2n) is 3.64. The Kier molecular flexibility index (Phi) is 3.25. The quantitative estimate of drug-likeness (QED) is 0.646. The molecule has 1 aromatic heterocycles. The Morgan fingerprint density at radius 1 is 1.50 bits per heavy atom. The number of halogens is 1. The summed E-state index contributed by atoms with van der Waals surface area (Å²) in [6.07, 6.45) is 0. The van der Waals surface area contributed by atoms with Gasteiger partial charge in [-0.05, 0) is 31.2 Å². The Morgan fingerprint density at radius 3 is 2.89 bits per heavy atom. The average molecular weight is 267 g/mol. The molecule has 1 heterocycles. The van der Waals surface area contributed by atoms with Crippen molar-refractivity contribution in [1.82, 2.24) is 4.73 Å². The molecule has 6 heteroatoms. The molecule has 0 aliphatic carbocycles. The molecule has 2 rings (SSSR count). The Bertz CT molecular complexity index is 679. The normalized spacial score (nSPS) is 10.6. The maximum atomic E-state index is 11.6. The van der Waals surface area contributed by atoms with Gasteiger partial charge in [-0.2, -0.15) is 4.73 Å². The number of carbonyl (C=O) groups excluding carboxylic acids is 1. The maximum Gasteiger partial charge on any atom is 0.342 e. The van der Waals surface area contributed by atoms with Crippen molar-refractivity contribution in [2.75, 3.05) is 6.61 Å². The standard InChI is InChI=1S/C12H11ClN2O3/c1-2-18-12(16)9-6-7-5-8(13)3-4-10(7)15(17)11(9)14/h3-6,14,17H,2H2,1H3. The van der Waals surface area contributed by atoms with Gasteiger partial charge in [-0.15, -0.1) is 0 Å². The van der Waals surface area contributed by atoms with Gasteiger partial charge in [0.25, 0.3) is 0 Å². The summed E-state index contributed by atoms with van der Waals surface area (Å²) >= 11 is 5.85. The summed E-state index contributed by atoms with van der Waals surface area (Å²) in [7, 11) is 0. The van der Waals surface area contributed by atoms with Gasteiger partial charge in [0, 0.05) is 10.4 Å². The second-order valence-corrected chi connectivity index (χ2v) is 4.08. The largest absolute Gasteiger partial charge is 0.462 e. The van der Waals surface area contributed by atoms with Crippen LogP contribution in [0, 0.1) is 5.41 Å². The van der Waals surface area contributed by atoms with Crippen LogP contribution < -0.4 is 5.49 Å². The smallest absolute Gasteiger partial charge is 0.342 e. The third-order valence-electron chi connectivity index (χ3n) is 2.48. The third kappa shape index (κ3) is 2.04. The average Bonchev–Trinajstić information content (AvgIpc) is 2.33. The van der Waals surface area contributed by atoms with Gasteiger partial charge in [0.15, 0.2) is 5.49 Å². The topological polar surface area (TPSA) is 75.3 Å². The highest BCUT2D eigenvalue weighted by molar-refractivity contribution is 6.31. The van der Waals surface area contributed by atoms with E-state index in [1.165, 1.54) is 6.07 Å². The van der Waals surface area contributed by atoms with Gasteiger partial charge >= 0.3 is 5.97 Å². The molecule has 0 saturated heterocycles. The number of nitrogens with zero attached hydrogens (tertiary/aromatic N) is 1. The molecule has 0 aliphatic heterocycles. The lowest BCUT2D eigenvalue weighted by atomic mass is 10.1. The van der Waals surface area contributed by atoms with Crippen LogP contribution >= 0.6 is 11.6 Å². The fraction of sp³-hybridized carbons (Fsp3) is 0.167. The first kappa shape index (κ1) is 12.4. The van der Waals surface area contributed by atoms with Crippen LogP contribution in [0.2, 0.25) is 5.02 Å². The zero-order valence-corrected chi connectivity index (χ0v) is 10.4. The molecule has 2 N–H and O–H groups in total. The van der Waals surface area contributed by atoms with Crippen LogP contribution in [0.15, 0.2) is 24.3 Å². The number of benzene rings is 1. The predicted molar refractivity (Wildman–Crippen MR) is 65.9 cm³/mol. The lowest BCUT2D eigenvalue weighted by molar-refractivity contribution is 0.0518. The number of aromatic nitrogens is 1. The molecule has 0 aliphatic rings. The zero-order valence-electron chi connectivity index (χ0n) is 9.61. The SMILES string of the molecule is CCOC(=O)c1cc2cc(Cl)ccc2n(O)c1=N. The highest BCUT2D eigenvalue weighted by atomic mass is 35.5. The van der Waals surface area contributed by atoms with Gasteiger partial charge in [0.1, 0.15) is 5.56 Å². The van der Waals surface area contributed by atoms with E-state index in [4.69, 9.17) is 21.7 Å². The van der Waals surface area contributed by atoms with Gasteiger partial charge < -0.3 is 9.94 Å². The number of hydrogen-bond donors (Lipinski definition) is 2. The molecule has 94 valence electrons. The molecule has 1 aromatic carbocycles. The minimum absolute atomic E-state index is 0.00545. The molecule has 0 unspecified atom stereocenters. The molecule has 0 fully saturated rings. The first-order valence-corrected chi connectivity index (χ1v) is 5.68. The number of rotatable bonds is 2. The van der Waals surface area contributed by atoms with Gasteiger partial charge in [0.2, 0.25) is 0 Å². The molecule has 0 amide bonds. The second kappa shape index (κ2) is 4.70. The molecule has 0 spiro atoms. The molecule has 2 aromatic rings. The third-order valence-corrected chi connectivity index (χ3v) is 2.71. The van der Waals surface area contributed by atoms with E-state index in [0.717, 1.165) is 0 Å². The summed E-state index contributed by atoms with van der Waals surface area (Å²) in [5.74, 6) is -0.646. The highest BCUT2D eigenvalue weighted by Crippen LogP contribution is 2.18. The number of esters is 1. The van der Waals surface area contributed by atoms with Crippen LogP contribution in [-0.4, -0.2) is 22.5 Å². The zero-order chi connectivity index (χ0) is 13.3. The first-order valence-electron chi connectivity index (χ1n) is 5.31. The Balaban J connectivity index is 2.73. The Labute approximate surface area is 108 Å². The van der Waals surface area contributed by atoms with E-state index < -0.39 is 5.97 Å². The summed E-state index contributed by atoms with van der Waals surface area (Å²) in [4.78, 5) is 11.6. The molecule has 0 radical (unpaired) electrons. The van der Waals surface area contributed by atoms with Crippen LogP contribution in [0.1, 0.15) is 17.3 Å². The number of fused-ring (bicyclic) bond motifs is 1. The first-order chi connectivity index (χ1) is 8.54. The Hall–Kier alpha value is -2.01. The minimum atomic E-state index is -0.646. The van der Waals surface area contributed by atoms with Crippen molar-refractivity contribution in [1.29, 1.82) is 5.41 Å². The minimum Gasteiger partial charge on any atom is -0.462 e. The van der Waals surface area contributed by atoms with Crippen LogP contribution in [0.5, 0.6) is 0 Å². The van der Waals surface area contributed by atoms with Crippen LogP contribution in [0.3, 0.4) is 0 Å². The maximum absolute atomic E-state index is 11.6. The summed E-state index contributed by atoms with van der Waals surface area (Å²) in [6, 6.07) is 6.25. The van der Waals surface area contributed by atoms with E-state index in [-0.39, 0.29) is 17.7 Å². The van der Waals surface area contributed by atoms with Crippen molar-refractivity contribution in [3.8, 4) is 0 Å². The van der Waals surface area contributed by atoms with E-state index in [0.29, 0.717) is 20.7 Å². The van der Waals surface area contributed by atoms with Crippen LogP contribution in [0.25, 0.3) is 10.9 Å². The molecule has 18 heavy (non-hydrogen) atoms. The van der Waals surface area contributed by atoms with E-state index in [1.54, 1.807) is 25.1 Å². The monoisotopic (exact) mass is 266 g/mol. The lowest BCUT2D eigenvalue weighted by Gasteiger charge is -2.08. The van der Waals surface area contributed by atoms with Gasteiger partial charge in [-0.25, -0.2) is 4.79 Å². The predicted octanol–water partition coefficient (Wildman–Crippen LogP) is 2.19. The fourth-order valence-corrected chi connectivity index (χ4v) is 1.84. The number of nitrogens with one attached hydrogen (secondary N) is 1. The molecule has 0 bridgehead atoms. The van der Waals surface area contributed by atoms with E-state index in [9.17, 15) is 10.0 Å². The lowest BCUT2D eigenvalue weighted by Crippen LogP contribution is -2.26. The van der Waals surface area contributed by atoms with Crippen molar-refractivity contribution < 1.29 is 14.7 Å². The van der Waals surface area contributed by atoms with Crippen molar-refractivity contribution in [3.63, 3.8) is 0 Å². The number of ether oxygens (including phenoxy) is 1. The van der Waals surface area contributed by atoms with Gasteiger partial charge in [-0.3, -0.25) is 5.41 Å². The fourth-order valence-electron chi connectivity index (χ4n) is 1.66. The molecular weight excluding hydrogens is 256 g/mol. The summed E-state index contributed by atoms with van der Waals surface area (Å²) in [6.45, 7) is 1.88. The molecule has 0 atom stereocenters. The van der Waals surface area contributed by atoms with Crippen LogP contribution in [0.4, 0.5) is 0 Å². The van der Waals surface area contributed by atoms with Crippen molar-refractivity contribution in [2.45, 2.75) is 6.92 Å².